The third-order valence-corrected chi connectivity index (χ3v) is 6.71. The first-order chi connectivity index (χ1) is 8.30. The normalized spacial score (nSPS) is 12.9. The maximum absolute atomic E-state index is 12.2. The molecule has 1 heterocycles. The minimum Gasteiger partial charge on any atom is -0.394 e. The molecule has 0 aliphatic carbocycles. The number of aliphatic hydroxyl groups is 1. The SMILES string of the molecule is CCC(CC)(CO)NS(=O)(=O)c1cc(C)c(Cl)s1. The molecule has 0 saturated heterocycles. The van der Waals surface area contributed by atoms with E-state index in [1.165, 1.54) is 0 Å². The zero-order valence-electron chi connectivity index (χ0n) is 10.7. The van der Waals surface area contributed by atoms with Gasteiger partial charge in [0, 0.05) is 0 Å². The third-order valence-electron chi connectivity index (χ3n) is 3.11. The predicted molar refractivity (Wildman–Crippen MR) is 74.8 cm³/mol. The highest BCUT2D eigenvalue weighted by molar-refractivity contribution is 7.91. The van der Waals surface area contributed by atoms with Crippen LogP contribution in [0.3, 0.4) is 0 Å². The molecule has 0 unspecified atom stereocenters. The van der Waals surface area contributed by atoms with Gasteiger partial charge in [-0.05, 0) is 31.4 Å². The fourth-order valence-electron chi connectivity index (χ4n) is 1.55. The molecule has 0 bridgehead atoms. The molecule has 0 radical (unpaired) electrons. The Bertz CT molecular complexity index is 479. The van der Waals surface area contributed by atoms with Gasteiger partial charge < -0.3 is 5.11 Å². The number of hydrogen-bond acceptors (Lipinski definition) is 4. The van der Waals surface area contributed by atoms with Gasteiger partial charge in [-0.15, -0.1) is 11.3 Å². The molecule has 0 aliphatic rings. The molecular weight excluding hydrogens is 294 g/mol. The van der Waals surface area contributed by atoms with E-state index < -0.39 is 15.6 Å². The number of aryl methyl sites for hydroxylation is 1. The molecule has 0 aromatic carbocycles. The zero-order chi connectivity index (χ0) is 14.0. The van der Waals surface area contributed by atoms with Crippen molar-refractivity contribution in [2.24, 2.45) is 0 Å². The molecule has 4 nitrogen and oxygen atoms in total. The number of hydrogen-bond donors (Lipinski definition) is 2. The van der Waals surface area contributed by atoms with Gasteiger partial charge in [0.2, 0.25) is 0 Å². The smallest absolute Gasteiger partial charge is 0.250 e. The van der Waals surface area contributed by atoms with Crippen LogP contribution < -0.4 is 4.72 Å². The Morgan fingerprint density at radius 3 is 2.33 bits per heavy atom. The van der Waals surface area contributed by atoms with Gasteiger partial charge in [-0.25, -0.2) is 13.1 Å². The van der Waals surface area contributed by atoms with Gasteiger partial charge in [0.1, 0.15) is 4.21 Å². The lowest BCUT2D eigenvalue weighted by Gasteiger charge is -2.29. The van der Waals surface area contributed by atoms with Crippen LogP contribution in [0.2, 0.25) is 4.34 Å². The summed E-state index contributed by atoms with van der Waals surface area (Å²) in [6.45, 7) is 5.22. The Hall–Kier alpha value is -0.140. The number of thiophene rings is 1. The van der Waals surface area contributed by atoms with Gasteiger partial charge >= 0.3 is 0 Å². The zero-order valence-corrected chi connectivity index (χ0v) is 13.0. The molecule has 18 heavy (non-hydrogen) atoms. The van der Waals surface area contributed by atoms with E-state index >= 15 is 0 Å². The molecule has 0 atom stereocenters. The van der Waals surface area contributed by atoms with Crippen molar-refractivity contribution < 1.29 is 13.5 Å². The first-order valence-corrected chi connectivity index (χ1v) is 8.38. The molecular formula is C11H18ClNO3S2. The number of nitrogens with one attached hydrogen (secondary N) is 1. The lowest BCUT2D eigenvalue weighted by molar-refractivity contribution is 0.172. The van der Waals surface area contributed by atoms with E-state index in [2.05, 4.69) is 4.72 Å². The molecule has 0 saturated carbocycles. The van der Waals surface area contributed by atoms with Crippen molar-refractivity contribution in [3.8, 4) is 0 Å². The molecule has 0 amide bonds. The van der Waals surface area contributed by atoms with Crippen LogP contribution >= 0.6 is 22.9 Å². The van der Waals surface area contributed by atoms with Crippen LogP contribution in [-0.4, -0.2) is 25.7 Å². The van der Waals surface area contributed by atoms with Crippen molar-refractivity contribution in [1.82, 2.24) is 4.72 Å². The summed E-state index contributed by atoms with van der Waals surface area (Å²) in [5, 5.41) is 9.40. The molecule has 7 heteroatoms. The van der Waals surface area contributed by atoms with Gasteiger partial charge in [0.15, 0.2) is 0 Å². The summed E-state index contributed by atoms with van der Waals surface area (Å²) >= 11 is 6.91. The Labute approximate surface area is 117 Å². The lowest BCUT2D eigenvalue weighted by Crippen LogP contribution is -2.50. The van der Waals surface area contributed by atoms with Crippen LogP contribution in [-0.2, 0) is 10.0 Å². The van der Waals surface area contributed by atoms with Crippen molar-refractivity contribution in [1.29, 1.82) is 0 Å². The summed E-state index contributed by atoms with van der Waals surface area (Å²) in [5.74, 6) is 0. The molecule has 2 N–H and O–H groups in total. The number of aliphatic hydroxyl groups excluding tert-OH is 1. The van der Waals surface area contributed by atoms with E-state index in [4.69, 9.17) is 11.6 Å². The summed E-state index contributed by atoms with van der Waals surface area (Å²) in [6, 6.07) is 1.54. The maximum atomic E-state index is 12.2. The minimum absolute atomic E-state index is 0.185. The second kappa shape index (κ2) is 5.88. The minimum atomic E-state index is -3.63. The average Bonchev–Trinajstić information content (AvgIpc) is 2.68. The summed E-state index contributed by atoms with van der Waals surface area (Å²) in [4.78, 5) is 0. The van der Waals surface area contributed by atoms with Crippen molar-refractivity contribution >= 4 is 33.0 Å². The van der Waals surface area contributed by atoms with Crippen LogP contribution in [0.1, 0.15) is 32.3 Å². The van der Waals surface area contributed by atoms with Crippen LogP contribution in [0.4, 0.5) is 0 Å². The molecule has 104 valence electrons. The first kappa shape index (κ1) is 15.9. The van der Waals surface area contributed by atoms with E-state index in [0.717, 1.165) is 16.9 Å². The second-order valence-corrected chi connectivity index (χ2v) is 7.84. The van der Waals surface area contributed by atoms with Crippen LogP contribution in [0.25, 0.3) is 0 Å². The van der Waals surface area contributed by atoms with Gasteiger partial charge in [0.25, 0.3) is 10.0 Å². The number of halogens is 1. The van der Waals surface area contributed by atoms with E-state index in [-0.39, 0.29) is 10.8 Å². The van der Waals surface area contributed by atoms with Gasteiger partial charge in [-0.2, -0.15) is 0 Å². The third kappa shape index (κ3) is 3.24. The Balaban J connectivity index is 3.08. The topological polar surface area (TPSA) is 66.4 Å². The largest absolute Gasteiger partial charge is 0.394 e. The van der Waals surface area contributed by atoms with Crippen molar-refractivity contribution in [2.45, 2.75) is 43.4 Å². The molecule has 0 fully saturated rings. The first-order valence-electron chi connectivity index (χ1n) is 5.71. The Morgan fingerprint density at radius 1 is 1.44 bits per heavy atom. The highest BCUT2D eigenvalue weighted by atomic mass is 35.5. The van der Waals surface area contributed by atoms with Gasteiger partial charge in [0.05, 0.1) is 16.5 Å². The summed E-state index contributed by atoms with van der Waals surface area (Å²) in [5.41, 5.74) is -0.0620. The number of rotatable bonds is 6. The lowest BCUT2D eigenvalue weighted by atomic mass is 9.96. The van der Waals surface area contributed by atoms with Gasteiger partial charge in [-0.1, -0.05) is 25.4 Å². The maximum Gasteiger partial charge on any atom is 0.250 e. The van der Waals surface area contributed by atoms with Gasteiger partial charge in [-0.3, -0.25) is 0 Å². The molecule has 0 aliphatic heterocycles. The van der Waals surface area contributed by atoms with Crippen LogP contribution in [0, 0.1) is 6.92 Å². The standard InChI is InChI=1S/C11H18ClNO3S2/c1-4-11(5-2,7-14)13-18(15,16)9-6-8(3)10(12)17-9/h6,13-14H,4-5,7H2,1-3H3. The van der Waals surface area contributed by atoms with E-state index in [1.54, 1.807) is 13.0 Å². The highest BCUT2D eigenvalue weighted by Crippen LogP contribution is 2.31. The predicted octanol–water partition coefficient (Wildman–Crippen LogP) is 2.54. The quantitative estimate of drug-likeness (QED) is 0.848. The molecule has 1 rings (SSSR count). The Morgan fingerprint density at radius 2 is 2.00 bits per heavy atom. The fourth-order valence-corrected chi connectivity index (χ4v) is 4.79. The van der Waals surface area contributed by atoms with Crippen molar-refractivity contribution in [2.75, 3.05) is 6.61 Å². The number of sulfonamides is 1. The second-order valence-electron chi connectivity index (χ2n) is 4.27. The van der Waals surface area contributed by atoms with E-state index in [0.29, 0.717) is 17.2 Å². The fraction of sp³-hybridized carbons (Fsp3) is 0.636. The van der Waals surface area contributed by atoms with Crippen molar-refractivity contribution in [3.05, 3.63) is 16.0 Å². The molecule has 0 spiro atoms. The van der Waals surface area contributed by atoms with Crippen molar-refractivity contribution in [3.63, 3.8) is 0 Å². The molecule has 1 aromatic rings. The monoisotopic (exact) mass is 311 g/mol. The Kier molecular flexibility index (Phi) is 5.20. The summed E-state index contributed by atoms with van der Waals surface area (Å²) < 4.78 is 27.7. The highest BCUT2D eigenvalue weighted by Gasteiger charge is 2.32. The summed E-state index contributed by atoms with van der Waals surface area (Å²) in [7, 11) is -3.63. The van der Waals surface area contributed by atoms with Crippen LogP contribution in [0.5, 0.6) is 0 Å². The average molecular weight is 312 g/mol. The summed E-state index contributed by atoms with van der Waals surface area (Å²) in [6.07, 6.45) is 1.05. The molecule has 1 aromatic heterocycles. The van der Waals surface area contributed by atoms with E-state index in [1.807, 2.05) is 13.8 Å². The van der Waals surface area contributed by atoms with Crippen LogP contribution in [0.15, 0.2) is 10.3 Å². The van der Waals surface area contributed by atoms with E-state index in [9.17, 15) is 13.5 Å².